The normalized spacial score (nSPS) is 10.3. The Labute approximate surface area is 162 Å². The standard InChI is InChI=1S/C19H19ClN6O/c20-15-8-6-14(7-9-15)19(27)26-25-18-16(21)17(23-12-24-18)22-11-10-13-4-2-1-3-5-13/h1-9,12H,10-11,21H2,(H,26,27)(H2,22,23,24,25). The maximum atomic E-state index is 12.1. The fraction of sp³-hybridized carbons (Fsp3) is 0.105. The van der Waals surface area contributed by atoms with Crippen molar-refractivity contribution in [2.75, 3.05) is 23.0 Å². The van der Waals surface area contributed by atoms with Crippen LogP contribution in [0.25, 0.3) is 0 Å². The van der Waals surface area contributed by atoms with Crippen LogP contribution in [0.1, 0.15) is 15.9 Å². The summed E-state index contributed by atoms with van der Waals surface area (Å²) in [5.41, 5.74) is 13.4. The molecule has 0 bridgehead atoms. The number of nitrogens with zero attached hydrogens (tertiary/aromatic N) is 2. The summed E-state index contributed by atoms with van der Waals surface area (Å²) in [4.78, 5) is 20.4. The number of hydrogen-bond acceptors (Lipinski definition) is 6. The first-order valence-electron chi connectivity index (χ1n) is 8.33. The number of hydrazine groups is 1. The van der Waals surface area contributed by atoms with Crippen LogP contribution in [0.15, 0.2) is 60.9 Å². The molecule has 0 unspecified atom stereocenters. The number of benzene rings is 2. The maximum absolute atomic E-state index is 12.1. The Hall–Kier alpha value is -3.32. The molecule has 0 aliphatic heterocycles. The summed E-state index contributed by atoms with van der Waals surface area (Å²) in [6, 6.07) is 16.6. The lowest BCUT2D eigenvalue weighted by Crippen LogP contribution is -2.30. The summed E-state index contributed by atoms with van der Waals surface area (Å²) >= 11 is 5.82. The van der Waals surface area contributed by atoms with Crippen LogP contribution in [0.4, 0.5) is 17.3 Å². The van der Waals surface area contributed by atoms with Gasteiger partial charge in [-0.25, -0.2) is 9.97 Å². The van der Waals surface area contributed by atoms with Crippen molar-refractivity contribution in [3.8, 4) is 0 Å². The quantitative estimate of drug-likeness (QED) is 0.468. The van der Waals surface area contributed by atoms with Crippen LogP contribution in [0.3, 0.4) is 0 Å². The Morgan fingerprint density at radius 3 is 2.44 bits per heavy atom. The Balaban J connectivity index is 1.57. The van der Waals surface area contributed by atoms with Crippen LogP contribution in [-0.4, -0.2) is 22.4 Å². The summed E-state index contributed by atoms with van der Waals surface area (Å²) in [6.45, 7) is 0.668. The maximum Gasteiger partial charge on any atom is 0.269 e. The summed E-state index contributed by atoms with van der Waals surface area (Å²) in [5, 5.41) is 3.74. The molecule has 1 aromatic heterocycles. The van der Waals surface area contributed by atoms with Crippen molar-refractivity contribution < 1.29 is 4.79 Å². The number of anilines is 3. The molecule has 5 N–H and O–H groups in total. The molecule has 7 nitrogen and oxygen atoms in total. The fourth-order valence-electron chi connectivity index (χ4n) is 2.40. The number of aromatic nitrogens is 2. The van der Waals surface area contributed by atoms with E-state index in [1.54, 1.807) is 24.3 Å². The van der Waals surface area contributed by atoms with Gasteiger partial charge in [0.25, 0.3) is 5.91 Å². The number of halogens is 1. The number of nitrogens with one attached hydrogen (secondary N) is 3. The molecule has 138 valence electrons. The molecule has 0 saturated carbocycles. The highest BCUT2D eigenvalue weighted by molar-refractivity contribution is 6.30. The highest BCUT2D eigenvalue weighted by atomic mass is 35.5. The second kappa shape index (κ2) is 8.86. The van der Waals surface area contributed by atoms with Crippen molar-refractivity contribution in [3.05, 3.63) is 77.1 Å². The van der Waals surface area contributed by atoms with Crippen LogP contribution >= 0.6 is 11.6 Å². The van der Waals surface area contributed by atoms with E-state index in [-0.39, 0.29) is 5.91 Å². The largest absolute Gasteiger partial charge is 0.393 e. The second-order valence-corrected chi connectivity index (χ2v) is 6.17. The summed E-state index contributed by atoms with van der Waals surface area (Å²) in [5.74, 6) is 0.488. The molecular formula is C19H19ClN6O. The smallest absolute Gasteiger partial charge is 0.269 e. The van der Waals surface area contributed by atoms with Crippen molar-refractivity contribution in [3.63, 3.8) is 0 Å². The third kappa shape index (κ3) is 5.08. The van der Waals surface area contributed by atoms with Gasteiger partial charge in [0, 0.05) is 17.1 Å². The zero-order chi connectivity index (χ0) is 19.1. The van der Waals surface area contributed by atoms with Gasteiger partial charge in [0.2, 0.25) is 0 Å². The minimum absolute atomic E-state index is 0.314. The fourth-order valence-corrected chi connectivity index (χ4v) is 2.52. The van der Waals surface area contributed by atoms with E-state index in [1.165, 1.54) is 11.9 Å². The molecule has 2 aromatic carbocycles. The molecule has 0 radical (unpaired) electrons. The van der Waals surface area contributed by atoms with Crippen molar-refractivity contribution >= 4 is 34.8 Å². The summed E-state index contributed by atoms with van der Waals surface area (Å²) in [6.07, 6.45) is 2.21. The molecule has 1 amide bonds. The lowest BCUT2D eigenvalue weighted by molar-refractivity contribution is 0.0962. The van der Waals surface area contributed by atoms with Crippen molar-refractivity contribution in [1.29, 1.82) is 0 Å². The van der Waals surface area contributed by atoms with Gasteiger partial charge in [0.1, 0.15) is 12.0 Å². The average molecular weight is 383 g/mol. The zero-order valence-electron chi connectivity index (χ0n) is 14.4. The summed E-state index contributed by atoms with van der Waals surface area (Å²) < 4.78 is 0. The number of nitrogens with two attached hydrogens (primary N) is 1. The van der Waals surface area contributed by atoms with Gasteiger partial charge in [-0.05, 0) is 36.2 Å². The van der Waals surface area contributed by atoms with Crippen LogP contribution in [0.5, 0.6) is 0 Å². The van der Waals surface area contributed by atoms with Crippen LogP contribution in [0, 0.1) is 0 Å². The topological polar surface area (TPSA) is 105 Å². The summed E-state index contributed by atoms with van der Waals surface area (Å²) in [7, 11) is 0. The minimum Gasteiger partial charge on any atom is -0.393 e. The van der Waals surface area contributed by atoms with Gasteiger partial charge in [0.15, 0.2) is 11.6 Å². The number of hydrogen-bond donors (Lipinski definition) is 4. The van der Waals surface area contributed by atoms with Crippen LogP contribution in [-0.2, 0) is 6.42 Å². The van der Waals surface area contributed by atoms with Gasteiger partial charge in [-0.3, -0.25) is 15.6 Å². The van der Waals surface area contributed by atoms with Crippen LogP contribution < -0.4 is 21.9 Å². The molecule has 0 saturated heterocycles. The van der Waals surface area contributed by atoms with Gasteiger partial charge >= 0.3 is 0 Å². The van der Waals surface area contributed by atoms with E-state index >= 15 is 0 Å². The molecule has 0 spiro atoms. The zero-order valence-corrected chi connectivity index (χ0v) is 15.2. The Kier molecular flexibility index (Phi) is 6.06. The number of nitrogen functional groups attached to an aromatic ring is 1. The molecule has 8 heteroatoms. The van der Waals surface area contributed by atoms with Gasteiger partial charge in [0.05, 0.1) is 0 Å². The molecule has 0 fully saturated rings. The third-order valence-electron chi connectivity index (χ3n) is 3.83. The number of carbonyl (C=O) groups is 1. The lowest BCUT2D eigenvalue weighted by atomic mass is 10.1. The van der Waals surface area contributed by atoms with Gasteiger partial charge in [-0.1, -0.05) is 41.9 Å². The molecule has 27 heavy (non-hydrogen) atoms. The van der Waals surface area contributed by atoms with Crippen molar-refractivity contribution in [2.45, 2.75) is 6.42 Å². The van der Waals surface area contributed by atoms with Gasteiger partial charge < -0.3 is 11.1 Å². The van der Waals surface area contributed by atoms with E-state index in [1.807, 2.05) is 18.2 Å². The van der Waals surface area contributed by atoms with E-state index in [9.17, 15) is 4.79 Å². The first-order chi connectivity index (χ1) is 13.1. The number of rotatable bonds is 7. The number of amides is 1. The molecular weight excluding hydrogens is 364 g/mol. The minimum atomic E-state index is -0.330. The molecule has 0 aliphatic carbocycles. The van der Waals surface area contributed by atoms with E-state index in [0.29, 0.717) is 34.5 Å². The highest BCUT2D eigenvalue weighted by Crippen LogP contribution is 2.21. The molecule has 1 heterocycles. The highest BCUT2D eigenvalue weighted by Gasteiger charge is 2.10. The average Bonchev–Trinajstić information content (AvgIpc) is 2.69. The first kappa shape index (κ1) is 18.5. The molecule has 3 aromatic rings. The van der Waals surface area contributed by atoms with E-state index in [2.05, 4.69) is 38.3 Å². The van der Waals surface area contributed by atoms with Gasteiger partial charge in [-0.2, -0.15) is 0 Å². The number of carbonyl (C=O) groups excluding carboxylic acids is 1. The van der Waals surface area contributed by atoms with E-state index in [0.717, 1.165) is 6.42 Å². The molecule has 0 aliphatic rings. The molecule has 3 rings (SSSR count). The monoisotopic (exact) mass is 382 g/mol. The lowest BCUT2D eigenvalue weighted by Gasteiger charge is -2.13. The third-order valence-corrected chi connectivity index (χ3v) is 4.09. The van der Waals surface area contributed by atoms with E-state index in [4.69, 9.17) is 17.3 Å². The van der Waals surface area contributed by atoms with E-state index < -0.39 is 0 Å². The second-order valence-electron chi connectivity index (χ2n) is 5.73. The predicted octanol–water partition coefficient (Wildman–Crippen LogP) is 3.12. The Morgan fingerprint density at radius 2 is 1.70 bits per heavy atom. The molecule has 0 atom stereocenters. The Bertz CT molecular complexity index is 902. The Morgan fingerprint density at radius 1 is 1.00 bits per heavy atom. The van der Waals surface area contributed by atoms with Crippen molar-refractivity contribution in [1.82, 2.24) is 15.4 Å². The van der Waals surface area contributed by atoms with Crippen LogP contribution in [0.2, 0.25) is 5.02 Å². The van der Waals surface area contributed by atoms with Crippen molar-refractivity contribution in [2.24, 2.45) is 0 Å². The SMILES string of the molecule is Nc1c(NCCc2ccccc2)ncnc1NNC(=O)c1ccc(Cl)cc1. The first-order valence-corrected chi connectivity index (χ1v) is 8.71. The predicted molar refractivity (Wildman–Crippen MR) is 108 cm³/mol. The van der Waals surface area contributed by atoms with Gasteiger partial charge in [-0.15, -0.1) is 0 Å².